The summed E-state index contributed by atoms with van der Waals surface area (Å²) >= 11 is 0. The highest BCUT2D eigenvalue weighted by molar-refractivity contribution is 5.85. The maximum Gasteiger partial charge on any atom is 0.236 e. The molecule has 1 N–H and O–H groups in total. The van der Waals surface area contributed by atoms with Gasteiger partial charge in [-0.25, -0.2) is 0 Å². The third-order valence-corrected chi connectivity index (χ3v) is 5.11. The molecule has 0 aromatic heterocycles. The maximum absolute atomic E-state index is 12.4. The van der Waals surface area contributed by atoms with Crippen molar-refractivity contribution in [1.29, 1.82) is 0 Å². The molecule has 3 unspecified atom stereocenters. The second-order valence-corrected chi connectivity index (χ2v) is 6.72. The van der Waals surface area contributed by atoms with Gasteiger partial charge in [0.1, 0.15) is 0 Å². The summed E-state index contributed by atoms with van der Waals surface area (Å²) in [5, 5.41) is 3.58. The number of halogens is 1. The number of fused-ring (bicyclic) bond motifs is 1. The molecular formula is C15H28ClN3O. The number of nitrogens with one attached hydrogen (secondary N) is 1. The van der Waals surface area contributed by atoms with Crippen LogP contribution in [0.3, 0.4) is 0 Å². The molecule has 3 aliphatic rings. The van der Waals surface area contributed by atoms with Gasteiger partial charge in [0.2, 0.25) is 5.91 Å². The van der Waals surface area contributed by atoms with Crippen LogP contribution < -0.4 is 5.32 Å². The van der Waals surface area contributed by atoms with Crippen molar-refractivity contribution >= 4 is 18.3 Å². The van der Waals surface area contributed by atoms with Gasteiger partial charge in [-0.2, -0.15) is 0 Å². The molecule has 4 nitrogen and oxygen atoms in total. The molecular weight excluding hydrogens is 274 g/mol. The lowest BCUT2D eigenvalue weighted by molar-refractivity contribution is -0.134. The van der Waals surface area contributed by atoms with E-state index in [0.717, 1.165) is 38.1 Å². The number of hydrogen-bond donors (Lipinski definition) is 1. The lowest BCUT2D eigenvalue weighted by Gasteiger charge is -2.37. The molecule has 0 aliphatic carbocycles. The zero-order valence-corrected chi connectivity index (χ0v) is 13.3. The Balaban J connectivity index is 0.00000147. The summed E-state index contributed by atoms with van der Waals surface area (Å²) in [5.74, 6) is 1.82. The first-order valence-corrected chi connectivity index (χ1v) is 7.96. The van der Waals surface area contributed by atoms with Crippen molar-refractivity contribution in [3.63, 3.8) is 0 Å². The van der Waals surface area contributed by atoms with Crippen molar-refractivity contribution in [2.75, 3.05) is 39.3 Å². The topological polar surface area (TPSA) is 35.6 Å². The largest absolute Gasteiger partial charge is 0.341 e. The van der Waals surface area contributed by atoms with Crippen LogP contribution in [0.1, 0.15) is 32.6 Å². The third kappa shape index (κ3) is 3.66. The van der Waals surface area contributed by atoms with Gasteiger partial charge >= 0.3 is 0 Å². The van der Waals surface area contributed by atoms with Gasteiger partial charge in [0, 0.05) is 32.2 Å². The summed E-state index contributed by atoms with van der Waals surface area (Å²) in [6.07, 6.45) is 4.97. The summed E-state index contributed by atoms with van der Waals surface area (Å²) in [6, 6.07) is 0.723. The van der Waals surface area contributed by atoms with Crippen LogP contribution in [0.15, 0.2) is 0 Å². The normalized spacial score (nSPS) is 34.5. The van der Waals surface area contributed by atoms with Crippen LogP contribution >= 0.6 is 12.4 Å². The number of hydrogen-bond acceptors (Lipinski definition) is 3. The smallest absolute Gasteiger partial charge is 0.236 e. The van der Waals surface area contributed by atoms with E-state index in [9.17, 15) is 4.79 Å². The van der Waals surface area contributed by atoms with E-state index in [4.69, 9.17) is 0 Å². The highest BCUT2D eigenvalue weighted by Gasteiger charge is 2.33. The molecule has 5 heteroatoms. The van der Waals surface area contributed by atoms with Gasteiger partial charge in [0.25, 0.3) is 0 Å². The Labute approximate surface area is 128 Å². The van der Waals surface area contributed by atoms with E-state index in [1.54, 1.807) is 0 Å². The first kappa shape index (κ1) is 16.1. The van der Waals surface area contributed by atoms with Crippen molar-refractivity contribution in [3.05, 3.63) is 0 Å². The van der Waals surface area contributed by atoms with Crippen molar-refractivity contribution in [2.24, 2.45) is 11.8 Å². The van der Waals surface area contributed by atoms with Crippen LogP contribution in [-0.2, 0) is 4.79 Å². The van der Waals surface area contributed by atoms with Gasteiger partial charge in [-0.3, -0.25) is 9.69 Å². The van der Waals surface area contributed by atoms with E-state index >= 15 is 0 Å². The van der Waals surface area contributed by atoms with E-state index in [1.807, 2.05) is 0 Å². The molecule has 3 saturated heterocycles. The number of likely N-dealkylation sites (tertiary alicyclic amines) is 2. The van der Waals surface area contributed by atoms with Crippen molar-refractivity contribution < 1.29 is 4.79 Å². The van der Waals surface area contributed by atoms with E-state index < -0.39 is 0 Å². The molecule has 0 radical (unpaired) electrons. The van der Waals surface area contributed by atoms with Gasteiger partial charge in [-0.1, -0.05) is 6.92 Å². The summed E-state index contributed by atoms with van der Waals surface area (Å²) in [5.41, 5.74) is 0. The van der Waals surface area contributed by atoms with Gasteiger partial charge in [0.05, 0.1) is 6.54 Å². The van der Waals surface area contributed by atoms with Gasteiger partial charge < -0.3 is 10.2 Å². The van der Waals surface area contributed by atoms with E-state index in [1.165, 1.54) is 32.2 Å². The summed E-state index contributed by atoms with van der Waals surface area (Å²) in [6.45, 7) is 8.23. The number of carbonyl (C=O) groups is 1. The van der Waals surface area contributed by atoms with Gasteiger partial charge in [0.15, 0.2) is 0 Å². The molecule has 20 heavy (non-hydrogen) atoms. The molecule has 3 heterocycles. The Kier molecular flexibility index (Phi) is 5.70. The van der Waals surface area contributed by atoms with Crippen LogP contribution in [0.4, 0.5) is 0 Å². The van der Waals surface area contributed by atoms with E-state index in [2.05, 4.69) is 22.0 Å². The predicted octanol–water partition coefficient (Wildman–Crippen LogP) is 1.35. The second kappa shape index (κ2) is 7.10. The zero-order valence-electron chi connectivity index (χ0n) is 12.5. The minimum atomic E-state index is 0. The fourth-order valence-electron chi connectivity index (χ4n) is 3.97. The SMILES string of the molecule is CC1CCCN(C(=O)CN2CCC3NCCC3C2)C1.Cl. The molecule has 0 saturated carbocycles. The summed E-state index contributed by atoms with van der Waals surface area (Å²) < 4.78 is 0. The lowest BCUT2D eigenvalue weighted by Crippen LogP contribution is -2.50. The summed E-state index contributed by atoms with van der Waals surface area (Å²) in [4.78, 5) is 16.8. The highest BCUT2D eigenvalue weighted by atomic mass is 35.5. The number of nitrogens with zero attached hydrogens (tertiary/aromatic N) is 2. The Morgan fingerprint density at radius 2 is 2.05 bits per heavy atom. The Morgan fingerprint density at radius 3 is 2.85 bits per heavy atom. The first-order chi connectivity index (χ1) is 9.22. The molecule has 3 rings (SSSR count). The van der Waals surface area contributed by atoms with Gasteiger partial charge in [-0.15, -0.1) is 12.4 Å². The van der Waals surface area contributed by atoms with Crippen molar-refractivity contribution in [2.45, 2.75) is 38.6 Å². The zero-order chi connectivity index (χ0) is 13.2. The van der Waals surface area contributed by atoms with Crippen LogP contribution in [0, 0.1) is 11.8 Å². The molecule has 0 bridgehead atoms. The number of amides is 1. The van der Waals surface area contributed by atoms with Gasteiger partial charge in [-0.05, 0) is 44.1 Å². The molecule has 1 amide bonds. The fourth-order valence-corrected chi connectivity index (χ4v) is 3.97. The van der Waals surface area contributed by atoms with Crippen LogP contribution in [-0.4, -0.2) is 61.0 Å². The average molecular weight is 302 g/mol. The lowest BCUT2D eigenvalue weighted by atomic mass is 9.93. The van der Waals surface area contributed by atoms with E-state index in [-0.39, 0.29) is 12.4 Å². The van der Waals surface area contributed by atoms with E-state index in [0.29, 0.717) is 18.4 Å². The Bertz CT molecular complexity index is 339. The predicted molar refractivity (Wildman–Crippen MR) is 83.2 cm³/mol. The molecule has 3 fully saturated rings. The molecule has 0 aromatic carbocycles. The third-order valence-electron chi connectivity index (χ3n) is 5.11. The minimum Gasteiger partial charge on any atom is -0.341 e. The Hall–Kier alpha value is -0.320. The molecule has 0 spiro atoms. The standard InChI is InChI=1S/C15H27N3O.ClH/c1-12-3-2-7-18(9-12)15(19)11-17-8-5-14-13(10-17)4-6-16-14;/h12-14,16H,2-11H2,1H3;1H. The van der Waals surface area contributed by atoms with Crippen molar-refractivity contribution in [1.82, 2.24) is 15.1 Å². The average Bonchev–Trinajstić information content (AvgIpc) is 2.86. The maximum atomic E-state index is 12.4. The monoisotopic (exact) mass is 301 g/mol. The summed E-state index contributed by atoms with van der Waals surface area (Å²) in [7, 11) is 0. The molecule has 3 atom stereocenters. The number of piperidine rings is 2. The molecule has 3 aliphatic heterocycles. The molecule has 0 aromatic rings. The minimum absolute atomic E-state index is 0. The highest BCUT2D eigenvalue weighted by Crippen LogP contribution is 2.24. The quantitative estimate of drug-likeness (QED) is 0.836. The van der Waals surface area contributed by atoms with Crippen LogP contribution in [0.25, 0.3) is 0 Å². The second-order valence-electron chi connectivity index (χ2n) is 6.72. The van der Waals surface area contributed by atoms with Crippen molar-refractivity contribution in [3.8, 4) is 0 Å². The fraction of sp³-hybridized carbons (Fsp3) is 0.933. The number of rotatable bonds is 2. The van der Waals surface area contributed by atoms with Crippen LogP contribution in [0.5, 0.6) is 0 Å². The number of carbonyl (C=O) groups excluding carboxylic acids is 1. The Morgan fingerprint density at radius 1 is 1.20 bits per heavy atom. The van der Waals surface area contributed by atoms with Crippen LogP contribution in [0.2, 0.25) is 0 Å². The molecule has 116 valence electrons. The first-order valence-electron chi connectivity index (χ1n) is 7.96.